The number of hydrogen-bond donors (Lipinski definition) is 2. The summed E-state index contributed by atoms with van der Waals surface area (Å²) in [6.45, 7) is 14.6. The Hall–Kier alpha value is -2.78. The van der Waals surface area contributed by atoms with Gasteiger partial charge in [0.05, 0.1) is 34.3 Å². The van der Waals surface area contributed by atoms with Crippen LogP contribution in [0.3, 0.4) is 0 Å². The maximum atomic E-state index is 12.5. The monoisotopic (exact) mass is 530 g/mol. The van der Waals surface area contributed by atoms with Gasteiger partial charge in [-0.2, -0.15) is 0 Å². The Morgan fingerprint density at radius 2 is 2.00 bits per heavy atom. The second-order valence-electron chi connectivity index (χ2n) is 10.8. The molecule has 2 atom stereocenters. The number of carbonyl (C=O) groups is 3. The number of ether oxygens (including phenoxy) is 1. The number of aryl methyl sites for hydroxylation is 1. The molecule has 1 aromatic carbocycles. The molecule has 2 aromatic rings. The highest BCUT2D eigenvalue weighted by atomic mass is 32.1. The molecule has 1 aromatic heterocycles. The molecule has 1 saturated heterocycles. The zero-order valence-electron chi connectivity index (χ0n) is 23.4. The minimum Gasteiger partial charge on any atom is -0.491 e. The average Bonchev–Trinajstić information content (AvgIpc) is 3.43. The molecule has 2 amide bonds. The number of aldehydes is 1. The lowest BCUT2D eigenvalue weighted by molar-refractivity contribution is -0.125. The van der Waals surface area contributed by atoms with Crippen molar-refractivity contribution < 1.29 is 19.1 Å². The molecule has 2 N–H and O–H groups in total. The Morgan fingerprint density at radius 1 is 1.30 bits per heavy atom. The number of carbonyl (C=O) groups excluding carboxylic acids is 3. The third kappa shape index (κ3) is 9.23. The molecule has 0 bridgehead atoms. The summed E-state index contributed by atoms with van der Waals surface area (Å²) in [6, 6.07) is 5.79. The summed E-state index contributed by atoms with van der Waals surface area (Å²) in [5.41, 5.74) is 4.79. The number of nitrogens with one attached hydrogen (secondary N) is 2. The zero-order valence-corrected chi connectivity index (χ0v) is 24.2. The van der Waals surface area contributed by atoms with Crippen LogP contribution in [-0.4, -0.2) is 59.8 Å². The highest BCUT2D eigenvalue weighted by Crippen LogP contribution is 2.32. The molecule has 0 aliphatic carbocycles. The minimum atomic E-state index is -0.389. The third-order valence-corrected chi connectivity index (χ3v) is 7.12. The Balaban J connectivity index is 0.000000371. The molecule has 8 nitrogen and oxygen atoms in total. The van der Waals surface area contributed by atoms with E-state index in [1.165, 1.54) is 6.92 Å². The predicted molar refractivity (Wildman–Crippen MR) is 149 cm³/mol. The van der Waals surface area contributed by atoms with Crippen LogP contribution in [0, 0.1) is 12.3 Å². The van der Waals surface area contributed by atoms with Crippen molar-refractivity contribution in [2.75, 3.05) is 13.6 Å². The van der Waals surface area contributed by atoms with Crippen molar-refractivity contribution in [3.05, 3.63) is 35.0 Å². The molecule has 1 aliphatic heterocycles. The summed E-state index contributed by atoms with van der Waals surface area (Å²) >= 11 is 1.63. The van der Waals surface area contributed by atoms with E-state index in [-0.39, 0.29) is 35.4 Å². The lowest BCUT2D eigenvalue weighted by atomic mass is 9.88. The van der Waals surface area contributed by atoms with Gasteiger partial charge in [0.25, 0.3) is 0 Å². The topological polar surface area (TPSA) is 101 Å². The maximum absolute atomic E-state index is 12.5. The van der Waals surface area contributed by atoms with E-state index in [1.54, 1.807) is 11.3 Å². The lowest BCUT2D eigenvalue weighted by Gasteiger charge is -2.25. The Bertz CT molecular complexity index is 1060. The third-order valence-electron chi connectivity index (χ3n) is 6.14. The number of likely N-dealkylation sites (tertiary alicyclic amines) is 1. The van der Waals surface area contributed by atoms with Crippen LogP contribution in [0.4, 0.5) is 0 Å². The van der Waals surface area contributed by atoms with Crippen LogP contribution in [0.5, 0.6) is 5.75 Å². The number of likely N-dealkylation sites (N-methyl/N-ethyl adjacent to an activating group) is 1. The zero-order chi connectivity index (χ0) is 27.8. The SMILES string of the molecule is CC(=O)NC(C=O)C(C)(C)C.Cc1ncsc1-c1ccc(CNC(=O)C2CCCN2C)c(OC(C)C)c1. The fourth-order valence-electron chi connectivity index (χ4n) is 4.00. The average molecular weight is 531 g/mol. The van der Waals surface area contributed by atoms with Gasteiger partial charge in [0.1, 0.15) is 12.0 Å². The molecule has 2 unspecified atom stereocenters. The van der Waals surface area contributed by atoms with Crippen LogP contribution >= 0.6 is 11.3 Å². The summed E-state index contributed by atoms with van der Waals surface area (Å²) in [7, 11) is 2.01. The fraction of sp³-hybridized carbons (Fsp3) is 0.571. The van der Waals surface area contributed by atoms with E-state index in [9.17, 15) is 14.4 Å². The fourth-order valence-corrected chi connectivity index (χ4v) is 4.80. The number of amides is 2. The molecular formula is C28H42N4O4S. The van der Waals surface area contributed by atoms with Crippen LogP contribution in [0.15, 0.2) is 23.7 Å². The number of aromatic nitrogens is 1. The van der Waals surface area contributed by atoms with E-state index in [2.05, 4.69) is 32.7 Å². The second kappa shape index (κ2) is 13.7. The van der Waals surface area contributed by atoms with Crippen LogP contribution in [0.2, 0.25) is 0 Å². The molecule has 1 aliphatic rings. The van der Waals surface area contributed by atoms with E-state index in [0.717, 1.165) is 53.1 Å². The highest BCUT2D eigenvalue weighted by molar-refractivity contribution is 7.13. The van der Waals surface area contributed by atoms with Crippen LogP contribution in [0.1, 0.15) is 65.6 Å². The highest BCUT2D eigenvalue weighted by Gasteiger charge is 2.27. The largest absolute Gasteiger partial charge is 0.491 e. The first-order valence-electron chi connectivity index (χ1n) is 12.7. The summed E-state index contributed by atoms with van der Waals surface area (Å²) in [5, 5.41) is 5.64. The van der Waals surface area contributed by atoms with E-state index in [0.29, 0.717) is 6.54 Å². The summed E-state index contributed by atoms with van der Waals surface area (Å²) < 4.78 is 6.03. The van der Waals surface area contributed by atoms with E-state index in [1.807, 2.05) is 60.2 Å². The van der Waals surface area contributed by atoms with Gasteiger partial charge in [-0.25, -0.2) is 4.98 Å². The van der Waals surface area contributed by atoms with Crippen molar-refractivity contribution >= 4 is 29.4 Å². The Kier molecular flexibility index (Phi) is 11.3. The van der Waals surface area contributed by atoms with Crippen molar-refractivity contribution in [2.45, 2.75) is 86.0 Å². The second-order valence-corrected chi connectivity index (χ2v) is 11.6. The van der Waals surface area contributed by atoms with Crippen molar-refractivity contribution in [3.63, 3.8) is 0 Å². The molecule has 2 heterocycles. The Morgan fingerprint density at radius 3 is 2.46 bits per heavy atom. The molecule has 204 valence electrons. The van der Waals surface area contributed by atoms with Gasteiger partial charge in [-0.3, -0.25) is 14.5 Å². The van der Waals surface area contributed by atoms with Crippen molar-refractivity contribution in [1.82, 2.24) is 20.5 Å². The van der Waals surface area contributed by atoms with Gasteiger partial charge < -0.3 is 20.2 Å². The Labute approximate surface area is 225 Å². The van der Waals surface area contributed by atoms with Crippen molar-refractivity contribution in [2.24, 2.45) is 5.41 Å². The van der Waals surface area contributed by atoms with E-state index >= 15 is 0 Å². The molecule has 9 heteroatoms. The molecule has 0 saturated carbocycles. The number of thiazole rings is 1. The number of nitrogens with zero attached hydrogens (tertiary/aromatic N) is 2. The first-order valence-corrected chi connectivity index (χ1v) is 13.6. The van der Waals surface area contributed by atoms with Crippen molar-refractivity contribution in [3.8, 4) is 16.2 Å². The normalized spacial score (nSPS) is 16.5. The van der Waals surface area contributed by atoms with Gasteiger partial charge in [-0.15, -0.1) is 11.3 Å². The number of hydrogen-bond acceptors (Lipinski definition) is 7. The molecule has 37 heavy (non-hydrogen) atoms. The number of rotatable bonds is 8. The molecular weight excluding hydrogens is 488 g/mol. The van der Waals surface area contributed by atoms with Crippen LogP contribution < -0.4 is 15.4 Å². The first kappa shape index (κ1) is 30.4. The molecule has 0 radical (unpaired) electrons. The number of benzene rings is 1. The molecule has 1 fully saturated rings. The van der Waals surface area contributed by atoms with E-state index in [4.69, 9.17) is 4.74 Å². The lowest BCUT2D eigenvalue weighted by Crippen LogP contribution is -2.43. The van der Waals surface area contributed by atoms with Crippen molar-refractivity contribution in [1.29, 1.82) is 0 Å². The molecule has 0 spiro atoms. The van der Waals surface area contributed by atoms with Crippen LogP contribution in [0.25, 0.3) is 10.4 Å². The maximum Gasteiger partial charge on any atom is 0.237 e. The van der Waals surface area contributed by atoms with Gasteiger partial charge in [0.15, 0.2) is 0 Å². The quantitative estimate of drug-likeness (QED) is 0.492. The molecule has 3 rings (SSSR count). The standard InChI is InChI=1S/C20H27N3O2S.C8H15NO2/c1-13(2)25-18-10-15(19-14(3)22-12-26-19)7-8-16(18)11-21-20(24)17-6-5-9-23(17)4;1-6(11)9-7(5-10)8(2,3)4/h7-8,10,12-13,17H,5-6,9,11H2,1-4H3,(H,21,24);5,7H,1-4H3,(H,9,11). The van der Waals surface area contributed by atoms with Gasteiger partial charge >= 0.3 is 0 Å². The van der Waals surface area contributed by atoms with Gasteiger partial charge in [0, 0.05) is 19.0 Å². The van der Waals surface area contributed by atoms with E-state index < -0.39 is 0 Å². The smallest absolute Gasteiger partial charge is 0.237 e. The summed E-state index contributed by atoms with van der Waals surface area (Å²) in [5.74, 6) is 0.755. The summed E-state index contributed by atoms with van der Waals surface area (Å²) in [6.07, 6.45) is 2.85. The van der Waals surface area contributed by atoms with Crippen LogP contribution in [-0.2, 0) is 20.9 Å². The van der Waals surface area contributed by atoms with Gasteiger partial charge in [0.2, 0.25) is 11.8 Å². The first-order chi connectivity index (χ1) is 17.3. The summed E-state index contributed by atoms with van der Waals surface area (Å²) in [4.78, 5) is 41.1. The minimum absolute atomic E-state index is 0.0106. The van der Waals surface area contributed by atoms with Gasteiger partial charge in [-0.1, -0.05) is 32.9 Å². The van der Waals surface area contributed by atoms with Gasteiger partial charge in [-0.05, 0) is 64.3 Å². The predicted octanol–water partition coefficient (Wildman–Crippen LogP) is 4.35.